The minimum Gasteiger partial charge on any atom is -0.354 e. The Bertz CT molecular complexity index is 298. The second-order valence-electron chi connectivity index (χ2n) is 3.79. The molecule has 0 aromatic carbocycles. The molecule has 1 rings (SSSR count). The van der Waals surface area contributed by atoms with Crippen LogP contribution < -0.4 is 11.1 Å². The first kappa shape index (κ1) is 12.6. The van der Waals surface area contributed by atoms with Crippen molar-refractivity contribution >= 4 is 5.91 Å². The number of nitrogens with one attached hydrogen (secondary N) is 1. The minimum absolute atomic E-state index is 0.0271. The van der Waals surface area contributed by atoms with Crippen LogP contribution in [0, 0.1) is 5.92 Å². The monoisotopic (exact) mass is 225 g/mol. The van der Waals surface area contributed by atoms with Gasteiger partial charge in [-0.3, -0.25) is 9.48 Å². The third-order valence-corrected chi connectivity index (χ3v) is 2.40. The molecule has 90 valence electrons. The minimum atomic E-state index is 0.0271. The Morgan fingerprint density at radius 1 is 1.62 bits per heavy atom. The van der Waals surface area contributed by atoms with Crippen LogP contribution in [0.15, 0.2) is 12.4 Å². The second kappa shape index (κ2) is 6.95. The molecule has 0 bridgehead atoms. The zero-order valence-electron chi connectivity index (χ0n) is 9.59. The summed E-state index contributed by atoms with van der Waals surface area (Å²) < 4.78 is 1.69. The number of hydrogen-bond acceptors (Lipinski definition) is 4. The fraction of sp³-hybridized carbons (Fsp3) is 0.700. The predicted molar refractivity (Wildman–Crippen MR) is 60.5 cm³/mol. The first-order valence-electron chi connectivity index (χ1n) is 5.56. The molecule has 1 atom stereocenters. The smallest absolute Gasteiger partial charge is 0.222 e. The lowest BCUT2D eigenvalue weighted by atomic mass is 10.1. The first-order chi connectivity index (χ1) is 7.74. The summed E-state index contributed by atoms with van der Waals surface area (Å²) in [6.07, 6.45) is 5.11. The lowest BCUT2D eigenvalue weighted by Gasteiger charge is -2.11. The molecule has 0 aliphatic carbocycles. The zero-order chi connectivity index (χ0) is 11.8. The molecular formula is C10H19N5O. The summed E-state index contributed by atoms with van der Waals surface area (Å²) in [5, 5.41) is 10.3. The van der Waals surface area contributed by atoms with Crippen molar-refractivity contribution in [3.63, 3.8) is 0 Å². The van der Waals surface area contributed by atoms with E-state index in [0.717, 1.165) is 12.8 Å². The molecule has 1 heterocycles. The Kier molecular flexibility index (Phi) is 5.49. The quantitative estimate of drug-likeness (QED) is 0.671. The van der Waals surface area contributed by atoms with Gasteiger partial charge in [-0.1, -0.05) is 12.1 Å². The van der Waals surface area contributed by atoms with Gasteiger partial charge in [0.1, 0.15) is 0 Å². The number of nitrogens with two attached hydrogens (primary N) is 1. The molecule has 0 saturated carbocycles. The van der Waals surface area contributed by atoms with Crippen LogP contribution in [-0.2, 0) is 11.3 Å². The van der Waals surface area contributed by atoms with E-state index in [4.69, 9.17) is 5.73 Å². The van der Waals surface area contributed by atoms with Crippen molar-refractivity contribution in [2.75, 3.05) is 13.1 Å². The van der Waals surface area contributed by atoms with E-state index in [-0.39, 0.29) is 11.8 Å². The third kappa shape index (κ3) is 4.39. The number of rotatable bonds is 7. The van der Waals surface area contributed by atoms with Crippen molar-refractivity contribution in [1.82, 2.24) is 20.3 Å². The Morgan fingerprint density at radius 2 is 2.44 bits per heavy atom. The maximum absolute atomic E-state index is 11.6. The Labute approximate surface area is 95.2 Å². The number of amides is 1. The summed E-state index contributed by atoms with van der Waals surface area (Å²) in [6.45, 7) is 3.78. The lowest BCUT2D eigenvalue weighted by molar-refractivity contribution is -0.124. The summed E-state index contributed by atoms with van der Waals surface area (Å²) >= 11 is 0. The molecule has 6 nitrogen and oxygen atoms in total. The number of carbonyl (C=O) groups excluding carboxylic acids is 1. The maximum atomic E-state index is 11.6. The van der Waals surface area contributed by atoms with Gasteiger partial charge in [0.15, 0.2) is 0 Å². The van der Waals surface area contributed by atoms with Gasteiger partial charge in [0.2, 0.25) is 5.91 Å². The maximum Gasteiger partial charge on any atom is 0.222 e. The van der Waals surface area contributed by atoms with Crippen LogP contribution in [0.2, 0.25) is 0 Å². The highest BCUT2D eigenvalue weighted by Crippen LogP contribution is 2.03. The van der Waals surface area contributed by atoms with Crippen molar-refractivity contribution in [1.29, 1.82) is 0 Å². The SMILES string of the molecule is CC(CCCN)C(=O)NCCn1ccnn1. The van der Waals surface area contributed by atoms with E-state index in [2.05, 4.69) is 15.6 Å². The van der Waals surface area contributed by atoms with E-state index in [1.165, 1.54) is 0 Å². The highest BCUT2D eigenvalue weighted by atomic mass is 16.1. The molecule has 0 radical (unpaired) electrons. The van der Waals surface area contributed by atoms with Gasteiger partial charge in [0.25, 0.3) is 0 Å². The van der Waals surface area contributed by atoms with E-state index < -0.39 is 0 Å². The summed E-state index contributed by atoms with van der Waals surface area (Å²) in [5.41, 5.74) is 5.39. The van der Waals surface area contributed by atoms with E-state index in [9.17, 15) is 4.79 Å². The molecule has 0 aliphatic heterocycles. The highest BCUT2D eigenvalue weighted by Gasteiger charge is 2.10. The van der Waals surface area contributed by atoms with Crippen LogP contribution >= 0.6 is 0 Å². The molecule has 0 spiro atoms. The van der Waals surface area contributed by atoms with Crippen molar-refractivity contribution < 1.29 is 4.79 Å². The molecule has 0 fully saturated rings. The van der Waals surface area contributed by atoms with Crippen LogP contribution in [0.3, 0.4) is 0 Å². The fourth-order valence-corrected chi connectivity index (χ4v) is 1.37. The summed E-state index contributed by atoms with van der Waals surface area (Å²) in [5.74, 6) is 0.105. The molecule has 1 amide bonds. The topological polar surface area (TPSA) is 85.8 Å². The Hall–Kier alpha value is -1.43. The average molecular weight is 225 g/mol. The van der Waals surface area contributed by atoms with Gasteiger partial charge in [0.05, 0.1) is 12.7 Å². The standard InChI is InChI=1S/C10H19N5O/c1-9(3-2-4-11)10(16)12-5-7-15-8-6-13-14-15/h6,8-9H,2-5,7,11H2,1H3,(H,12,16). The van der Waals surface area contributed by atoms with E-state index >= 15 is 0 Å². The van der Waals surface area contributed by atoms with Gasteiger partial charge in [-0.2, -0.15) is 0 Å². The third-order valence-electron chi connectivity index (χ3n) is 2.40. The van der Waals surface area contributed by atoms with Crippen LogP contribution in [-0.4, -0.2) is 34.0 Å². The van der Waals surface area contributed by atoms with Crippen LogP contribution in [0.25, 0.3) is 0 Å². The van der Waals surface area contributed by atoms with Gasteiger partial charge < -0.3 is 11.1 Å². The van der Waals surface area contributed by atoms with Crippen molar-refractivity contribution in [3.05, 3.63) is 12.4 Å². The van der Waals surface area contributed by atoms with Crippen LogP contribution in [0.4, 0.5) is 0 Å². The molecule has 6 heteroatoms. The van der Waals surface area contributed by atoms with Crippen molar-refractivity contribution in [2.45, 2.75) is 26.3 Å². The normalized spacial score (nSPS) is 12.4. The second-order valence-corrected chi connectivity index (χ2v) is 3.79. The average Bonchev–Trinajstić information content (AvgIpc) is 2.78. The van der Waals surface area contributed by atoms with Gasteiger partial charge >= 0.3 is 0 Å². The van der Waals surface area contributed by atoms with Crippen LogP contribution in [0.1, 0.15) is 19.8 Å². The summed E-state index contributed by atoms with van der Waals surface area (Å²) in [4.78, 5) is 11.6. The van der Waals surface area contributed by atoms with Crippen molar-refractivity contribution in [2.24, 2.45) is 11.7 Å². The molecular weight excluding hydrogens is 206 g/mol. The van der Waals surface area contributed by atoms with E-state index in [1.807, 2.05) is 6.92 Å². The lowest BCUT2D eigenvalue weighted by Crippen LogP contribution is -2.32. The number of hydrogen-bond donors (Lipinski definition) is 2. The Balaban J connectivity index is 2.14. The number of carbonyl (C=O) groups is 1. The van der Waals surface area contributed by atoms with E-state index in [0.29, 0.717) is 19.6 Å². The van der Waals surface area contributed by atoms with Gasteiger partial charge in [0, 0.05) is 18.7 Å². The summed E-state index contributed by atoms with van der Waals surface area (Å²) in [6, 6.07) is 0. The molecule has 1 unspecified atom stereocenters. The van der Waals surface area contributed by atoms with Gasteiger partial charge in [-0.15, -0.1) is 5.10 Å². The first-order valence-corrected chi connectivity index (χ1v) is 5.56. The van der Waals surface area contributed by atoms with Crippen molar-refractivity contribution in [3.8, 4) is 0 Å². The van der Waals surface area contributed by atoms with Crippen LogP contribution in [0.5, 0.6) is 0 Å². The molecule has 1 aromatic rings. The molecule has 16 heavy (non-hydrogen) atoms. The van der Waals surface area contributed by atoms with Gasteiger partial charge in [-0.25, -0.2) is 0 Å². The Morgan fingerprint density at radius 3 is 3.06 bits per heavy atom. The largest absolute Gasteiger partial charge is 0.354 e. The van der Waals surface area contributed by atoms with E-state index in [1.54, 1.807) is 17.1 Å². The molecule has 3 N–H and O–H groups in total. The zero-order valence-corrected chi connectivity index (χ0v) is 9.59. The molecule has 1 aromatic heterocycles. The highest BCUT2D eigenvalue weighted by molar-refractivity contribution is 5.78. The fourth-order valence-electron chi connectivity index (χ4n) is 1.37. The predicted octanol–water partition coefficient (Wildman–Crippen LogP) is -0.231. The number of aromatic nitrogens is 3. The molecule has 0 aliphatic rings. The molecule has 0 saturated heterocycles. The number of nitrogens with zero attached hydrogens (tertiary/aromatic N) is 3. The van der Waals surface area contributed by atoms with Gasteiger partial charge in [-0.05, 0) is 19.4 Å². The summed E-state index contributed by atoms with van der Waals surface area (Å²) in [7, 11) is 0.